The van der Waals surface area contributed by atoms with Crippen molar-refractivity contribution < 1.29 is 9.90 Å². The highest BCUT2D eigenvalue weighted by Crippen LogP contribution is 2.19. The Labute approximate surface area is 116 Å². The van der Waals surface area contributed by atoms with Crippen molar-refractivity contribution in [1.82, 2.24) is 4.90 Å². The minimum Gasteiger partial charge on any atom is -0.508 e. The molecule has 1 heterocycles. The van der Waals surface area contributed by atoms with Gasteiger partial charge in [-0.15, -0.1) is 0 Å². The smallest absolute Gasteiger partial charge is 0.116 e. The molecule has 0 saturated carbocycles. The zero-order valence-electron chi connectivity index (χ0n) is 12.5. The molecule has 0 radical (unpaired) electrons. The lowest BCUT2D eigenvalue weighted by atomic mass is 10.2. The summed E-state index contributed by atoms with van der Waals surface area (Å²) in [7, 11) is 2.15. The van der Waals surface area contributed by atoms with E-state index in [1.807, 2.05) is 26.0 Å². The SMILES string of the molecule is CC.CC=O.CN1CCN(c2ccc(O)cc2)CC1. The van der Waals surface area contributed by atoms with E-state index in [9.17, 15) is 5.11 Å². The molecule has 1 N–H and O–H groups in total. The molecule has 1 aromatic carbocycles. The number of anilines is 1. The van der Waals surface area contributed by atoms with Gasteiger partial charge in [-0.05, 0) is 38.2 Å². The second-order valence-corrected chi connectivity index (χ2v) is 4.04. The molecule has 4 nitrogen and oxygen atoms in total. The summed E-state index contributed by atoms with van der Waals surface area (Å²) in [4.78, 5) is 13.5. The van der Waals surface area contributed by atoms with E-state index in [0.29, 0.717) is 5.75 Å². The molecular weight excluding hydrogens is 240 g/mol. The Bertz CT molecular complexity index is 331. The van der Waals surface area contributed by atoms with Gasteiger partial charge in [0.05, 0.1) is 0 Å². The Balaban J connectivity index is 0.000000573. The van der Waals surface area contributed by atoms with Gasteiger partial charge in [-0.3, -0.25) is 0 Å². The van der Waals surface area contributed by atoms with Crippen molar-refractivity contribution in [2.24, 2.45) is 0 Å². The molecule has 0 spiro atoms. The van der Waals surface area contributed by atoms with Crippen LogP contribution in [0.4, 0.5) is 5.69 Å². The van der Waals surface area contributed by atoms with Crippen LogP contribution in [-0.4, -0.2) is 49.5 Å². The van der Waals surface area contributed by atoms with Crippen molar-refractivity contribution in [3.05, 3.63) is 24.3 Å². The van der Waals surface area contributed by atoms with Gasteiger partial charge in [-0.2, -0.15) is 0 Å². The fraction of sp³-hybridized carbons (Fsp3) is 0.533. The minimum atomic E-state index is 0.336. The third-order valence-electron chi connectivity index (χ3n) is 2.72. The lowest BCUT2D eigenvalue weighted by Crippen LogP contribution is -2.44. The van der Waals surface area contributed by atoms with Crippen LogP contribution >= 0.6 is 0 Å². The van der Waals surface area contributed by atoms with Crippen molar-refractivity contribution >= 4 is 12.0 Å². The number of nitrogens with zero attached hydrogens (tertiary/aromatic N) is 2. The zero-order chi connectivity index (χ0) is 14.7. The normalized spacial score (nSPS) is 14.6. The summed E-state index contributed by atoms with van der Waals surface area (Å²) in [6.07, 6.45) is 0.750. The Hall–Kier alpha value is -1.55. The fourth-order valence-corrected chi connectivity index (χ4v) is 1.73. The quantitative estimate of drug-likeness (QED) is 0.793. The van der Waals surface area contributed by atoms with Crippen LogP contribution in [0.2, 0.25) is 0 Å². The number of rotatable bonds is 1. The average Bonchev–Trinajstić information content (AvgIpc) is 2.44. The van der Waals surface area contributed by atoms with Gasteiger partial charge in [0.25, 0.3) is 0 Å². The second kappa shape index (κ2) is 10.4. The van der Waals surface area contributed by atoms with E-state index in [4.69, 9.17) is 4.79 Å². The van der Waals surface area contributed by atoms with E-state index >= 15 is 0 Å². The molecular formula is C15H26N2O2. The van der Waals surface area contributed by atoms with Gasteiger partial charge in [-0.25, -0.2) is 0 Å². The number of carbonyl (C=O) groups is 1. The maximum absolute atomic E-state index is 9.17. The molecule has 1 saturated heterocycles. The molecule has 1 fully saturated rings. The molecule has 0 atom stereocenters. The lowest BCUT2D eigenvalue weighted by Gasteiger charge is -2.34. The number of carbonyl (C=O) groups excluding carboxylic acids is 1. The van der Waals surface area contributed by atoms with Crippen LogP contribution < -0.4 is 4.90 Å². The van der Waals surface area contributed by atoms with E-state index in [2.05, 4.69) is 16.8 Å². The maximum atomic E-state index is 9.17. The van der Waals surface area contributed by atoms with Crippen LogP contribution in [0, 0.1) is 0 Å². The van der Waals surface area contributed by atoms with E-state index < -0.39 is 0 Å². The molecule has 0 aromatic heterocycles. The van der Waals surface area contributed by atoms with E-state index in [-0.39, 0.29) is 0 Å². The first kappa shape index (κ1) is 17.4. The second-order valence-electron chi connectivity index (χ2n) is 4.04. The number of aromatic hydroxyl groups is 1. The third kappa shape index (κ3) is 6.82. The molecule has 0 aliphatic carbocycles. The summed E-state index contributed by atoms with van der Waals surface area (Å²) in [5, 5.41) is 9.17. The molecule has 19 heavy (non-hydrogen) atoms. The van der Waals surface area contributed by atoms with E-state index in [0.717, 1.165) is 32.5 Å². The van der Waals surface area contributed by atoms with Crippen molar-refractivity contribution in [1.29, 1.82) is 0 Å². The summed E-state index contributed by atoms with van der Waals surface area (Å²) < 4.78 is 0. The molecule has 0 amide bonds. The molecule has 4 heteroatoms. The highest BCUT2D eigenvalue weighted by atomic mass is 16.3. The predicted octanol–water partition coefficient (Wildman–Crippen LogP) is 2.38. The highest BCUT2D eigenvalue weighted by Gasteiger charge is 2.13. The molecule has 2 rings (SSSR count). The molecule has 108 valence electrons. The first-order valence-electron chi connectivity index (χ1n) is 6.79. The Morgan fingerprint density at radius 2 is 1.47 bits per heavy atom. The maximum Gasteiger partial charge on any atom is 0.116 e. The summed E-state index contributed by atoms with van der Waals surface area (Å²) >= 11 is 0. The topological polar surface area (TPSA) is 43.8 Å². The van der Waals surface area contributed by atoms with Crippen molar-refractivity contribution in [3.63, 3.8) is 0 Å². The van der Waals surface area contributed by atoms with Gasteiger partial charge in [0.2, 0.25) is 0 Å². The van der Waals surface area contributed by atoms with Crippen LogP contribution in [0.15, 0.2) is 24.3 Å². The first-order chi connectivity index (χ1) is 9.17. The van der Waals surface area contributed by atoms with Crippen molar-refractivity contribution in [2.45, 2.75) is 20.8 Å². The lowest BCUT2D eigenvalue weighted by molar-refractivity contribution is -0.106. The molecule has 1 aromatic rings. The number of phenols is 1. The highest BCUT2D eigenvalue weighted by molar-refractivity contribution is 5.49. The van der Waals surface area contributed by atoms with Gasteiger partial charge < -0.3 is 19.7 Å². The summed E-state index contributed by atoms with van der Waals surface area (Å²) in [5.74, 6) is 0.336. The van der Waals surface area contributed by atoms with Crippen molar-refractivity contribution in [3.8, 4) is 5.75 Å². The predicted molar refractivity (Wildman–Crippen MR) is 80.9 cm³/mol. The Kier molecular flexibility index (Phi) is 9.53. The van der Waals surface area contributed by atoms with Gasteiger partial charge >= 0.3 is 0 Å². The van der Waals surface area contributed by atoms with E-state index in [1.165, 1.54) is 12.6 Å². The number of benzene rings is 1. The minimum absolute atomic E-state index is 0.336. The van der Waals surface area contributed by atoms with Crippen LogP contribution in [-0.2, 0) is 4.79 Å². The number of phenolic OH excluding ortho intramolecular Hbond substituents is 1. The van der Waals surface area contributed by atoms with Gasteiger partial charge in [0, 0.05) is 31.9 Å². The average molecular weight is 266 g/mol. The monoisotopic (exact) mass is 266 g/mol. The standard InChI is InChI=1S/C11H16N2O.C2H4O.C2H6/c1-12-6-8-13(9-7-12)10-2-4-11(14)5-3-10;1-2-3;1-2/h2-5,14H,6-9H2,1H3;2H,1H3;1-2H3. The zero-order valence-corrected chi connectivity index (χ0v) is 12.5. The number of hydrogen-bond acceptors (Lipinski definition) is 4. The van der Waals surface area contributed by atoms with E-state index in [1.54, 1.807) is 12.1 Å². The van der Waals surface area contributed by atoms with Crippen LogP contribution in [0.3, 0.4) is 0 Å². The van der Waals surface area contributed by atoms with Crippen LogP contribution in [0.1, 0.15) is 20.8 Å². The summed E-state index contributed by atoms with van der Waals surface area (Å²) in [6.45, 7) is 9.81. The number of piperazine rings is 1. The number of likely N-dealkylation sites (N-methyl/N-ethyl adjacent to an activating group) is 1. The first-order valence-corrected chi connectivity index (χ1v) is 6.79. The Morgan fingerprint density at radius 1 is 1.05 bits per heavy atom. The molecule has 0 unspecified atom stereocenters. The fourth-order valence-electron chi connectivity index (χ4n) is 1.73. The molecule has 1 aliphatic heterocycles. The Morgan fingerprint density at radius 3 is 1.89 bits per heavy atom. The summed E-state index contributed by atoms with van der Waals surface area (Å²) in [5.41, 5.74) is 1.20. The third-order valence-corrected chi connectivity index (χ3v) is 2.72. The number of hydrogen-bond donors (Lipinski definition) is 1. The van der Waals surface area contributed by atoms with Gasteiger partial charge in [0.15, 0.2) is 0 Å². The van der Waals surface area contributed by atoms with Crippen LogP contribution in [0.25, 0.3) is 0 Å². The van der Waals surface area contributed by atoms with Gasteiger partial charge in [0.1, 0.15) is 12.0 Å². The number of aldehydes is 1. The molecule has 1 aliphatic rings. The molecule has 0 bridgehead atoms. The summed E-state index contributed by atoms with van der Waals surface area (Å²) in [6, 6.07) is 7.43. The van der Waals surface area contributed by atoms with Crippen molar-refractivity contribution in [2.75, 3.05) is 38.1 Å². The van der Waals surface area contributed by atoms with Gasteiger partial charge in [-0.1, -0.05) is 13.8 Å². The largest absolute Gasteiger partial charge is 0.508 e. The van der Waals surface area contributed by atoms with Crippen LogP contribution in [0.5, 0.6) is 5.75 Å².